The fourth-order valence-corrected chi connectivity index (χ4v) is 6.35. The van der Waals surface area contributed by atoms with E-state index in [1.54, 1.807) is 0 Å². The highest BCUT2D eigenvalue weighted by Gasteiger charge is 2.52. The van der Waals surface area contributed by atoms with Gasteiger partial charge >= 0.3 is 0 Å². The van der Waals surface area contributed by atoms with Crippen LogP contribution in [0.4, 0.5) is 0 Å². The summed E-state index contributed by atoms with van der Waals surface area (Å²) in [5.74, 6) is 3.32. The molecule has 3 heteroatoms. The van der Waals surface area contributed by atoms with Gasteiger partial charge in [-0.05, 0) is 49.2 Å². The molecule has 0 aromatic heterocycles. The first kappa shape index (κ1) is 16.2. The van der Waals surface area contributed by atoms with Crippen molar-refractivity contribution in [3.05, 3.63) is 10.6 Å². The molecular weight excluding hydrogens is 288 g/mol. The number of hydrogen-bond acceptors (Lipinski definition) is 3. The zero-order chi connectivity index (χ0) is 15.7. The maximum atomic E-state index is 9.97. The monoisotopic (exact) mass is 318 g/mol. The minimum absolute atomic E-state index is 0.181. The molecule has 22 heavy (non-hydrogen) atoms. The fraction of sp³-hybridized carbons (Fsp3) is 0.842. The number of nitrogens with zero attached hydrogens (tertiary/aromatic N) is 1. The topological polar surface area (TPSA) is 35.8 Å². The molecule has 3 rings (SSSR count). The molecule has 1 aliphatic heterocycles. The molecule has 122 valence electrons. The van der Waals surface area contributed by atoms with Gasteiger partial charge in [0, 0.05) is 11.5 Å². The normalized spacial score (nSPS) is 41.7. The van der Waals surface area contributed by atoms with E-state index in [9.17, 15) is 5.26 Å². The smallest absolute Gasteiger partial charge is 0.0980 e. The Bertz CT molecular complexity index is 492. The molecule has 0 aromatic carbocycles. The highest BCUT2D eigenvalue weighted by atomic mass is 32.2. The molecule has 0 amide bonds. The van der Waals surface area contributed by atoms with Gasteiger partial charge in [-0.15, -0.1) is 11.8 Å². The second kappa shape index (κ2) is 6.48. The number of hydrogen-bond donors (Lipinski definition) is 1. The number of rotatable bonds is 2. The van der Waals surface area contributed by atoms with Gasteiger partial charge in [0.1, 0.15) is 0 Å². The maximum absolute atomic E-state index is 9.97. The lowest BCUT2D eigenvalue weighted by atomic mass is 9.53. The van der Waals surface area contributed by atoms with Crippen molar-refractivity contribution < 1.29 is 0 Å². The Morgan fingerprint density at radius 2 is 2.09 bits per heavy atom. The second-order valence-corrected chi connectivity index (χ2v) is 9.16. The van der Waals surface area contributed by atoms with Crippen molar-refractivity contribution in [1.82, 2.24) is 5.32 Å². The van der Waals surface area contributed by atoms with Gasteiger partial charge in [0.2, 0.25) is 0 Å². The summed E-state index contributed by atoms with van der Waals surface area (Å²) in [5, 5.41) is 15.0. The van der Waals surface area contributed by atoms with E-state index in [1.165, 1.54) is 50.0 Å². The third kappa shape index (κ3) is 2.68. The molecule has 2 nitrogen and oxygen atoms in total. The van der Waals surface area contributed by atoms with Gasteiger partial charge in [0.05, 0.1) is 16.7 Å². The summed E-state index contributed by atoms with van der Waals surface area (Å²) in [7, 11) is 0. The standard InChI is InChI=1S/C19H30N2S/c1-4-22-18-16(12-20)19(9-5-6-14(3)11-19)15-8-7-13(2)10-17(15)21-18/h13-15,17,21H,4-11H2,1-3H3. The summed E-state index contributed by atoms with van der Waals surface area (Å²) < 4.78 is 0. The van der Waals surface area contributed by atoms with Gasteiger partial charge in [-0.1, -0.05) is 40.0 Å². The Labute approximate surface area is 140 Å². The average Bonchev–Trinajstić information content (AvgIpc) is 2.47. The first-order valence-electron chi connectivity index (χ1n) is 9.15. The van der Waals surface area contributed by atoms with Crippen molar-refractivity contribution in [2.24, 2.45) is 23.2 Å². The van der Waals surface area contributed by atoms with Crippen LogP contribution in [0.25, 0.3) is 0 Å². The van der Waals surface area contributed by atoms with Crippen LogP contribution < -0.4 is 5.32 Å². The van der Waals surface area contributed by atoms with E-state index < -0.39 is 0 Å². The van der Waals surface area contributed by atoms with Gasteiger partial charge in [-0.25, -0.2) is 0 Å². The summed E-state index contributed by atoms with van der Waals surface area (Å²) in [5.41, 5.74) is 1.29. The first-order chi connectivity index (χ1) is 10.6. The van der Waals surface area contributed by atoms with Crippen LogP contribution in [0.1, 0.15) is 65.7 Å². The fourth-order valence-electron chi connectivity index (χ4n) is 5.43. The summed E-state index contributed by atoms with van der Waals surface area (Å²) >= 11 is 1.86. The molecule has 0 aromatic rings. The van der Waals surface area contributed by atoms with Crippen LogP contribution in [0.15, 0.2) is 10.6 Å². The van der Waals surface area contributed by atoms with E-state index in [2.05, 4.69) is 32.2 Å². The van der Waals surface area contributed by atoms with E-state index in [1.807, 2.05) is 11.8 Å². The lowest BCUT2D eigenvalue weighted by Gasteiger charge is -2.54. The van der Waals surface area contributed by atoms with Crippen LogP contribution in [-0.4, -0.2) is 11.8 Å². The molecule has 5 unspecified atom stereocenters. The average molecular weight is 319 g/mol. The molecule has 2 aliphatic carbocycles. The Balaban J connectivity index is 2.04. The molecule has 1 N–H and O–H groups in total. The molecule has 0 saturated heterocycles. The zero-order valence-corrected chi connectivity index (χ0v) is 15.1. The van der Waals surface area contributed by atoms with Crippen LogP contribution in [0.3, 0.4) is 0 Å². The lowest BCUT2D eigenvalue weighted by molar-refractivity contribution is 0.0397. The van der Waals surface area contributed by atoms with Gasteiger partial charge in [0.25, 0.3) is 0 Å². The number of nitriles is 1. The van der Waals surface area contributed by atoms with Crippen LogP contribution in [0.2, 0.25) is 0 Å². The summed E-state index contributed by atoms with van der Waals surface area (Å²) in [6, 6.07) is 3.26. The quantitative estimate of drug-likeness (QED) is 0.771. The second-order valence-electron chi connectivity index (χ2n) is 7.88. The van der Waals surface area contributed by atoms with Crippen LogP contribution in [0.5, 0.6) is 0 Å². The van der Waals surface area contributed by atoms with Crippen LogP contribution >= 0.6 is 11.8 Å². The van der Waals surface area contributed by atoms with Gasteiger partial charge < -0.3 is 5.32 Å². The molecule has 1 heterocycles. The van der Waals surface area contributed by atoms with Crippen molar-refractivity contribution in [1.29, 1.82) is 5.26 Å². The third-order valence-corrected chi connectivity index (χ3v) is 7.20. The molecule has 5 atom stereocenters. The summed E-state index contributed by atoms with van der Waals surface area (Å²) in [4.78, 5) is 0. The molecule has 2 fully saturated rings. The number of fused-ring (bicyclic) bond motifs is 2. The van der Waals surface area contributed by atoms with E-state index in [-0.39, 0.29) is 5.41 Å². The Hall–Kier alpha value is -0.620. The molecule has 0 radical (unpaired) electrons. The predicted molar refractivity (Wildman–Crippen MR) is 94.3 cm³/mol. The highest BCUT2D eigenvalue weighted by molar-refractivity contribution is 8.03. The number of nitrogens with one attached hydrogen (secondary N) is 1. The van der Waals surface area contributed by atoms with Gasteiger partial charge in [-0.3, -0.25) is 0 Å². The highest BCUT2D eigenvalue weighted by Crippen LogP contribution is 2.57. The zero-order valence-electron chi connectivity index (χ0n) is 14.3. The van der Waals surface area contributed by atoms with Crippen molar-refractivity contribution in [3.8, 4) is 6.07 Å². The van der Waals surface area contributed by atoms with E-state index in [4.69, 9.17) is 0 Å². The SMILES string of the molecule is CCSC1=C(C#N)C2(CCCC(C)C2)C2CCC(C)CC2N1. The Kier molecular flexibility index (Phi) is 4.78. The molecule has 3 aliphatic rings. The Morgan fingerprint density at radius 1 is 1.27 bits per heavy atom. The molecule has 0 bridgehead atoms. The number of thioether (sulfide) groups is 1. The van der Waals surface area contributed by atoms with Crippen LogP contribution in [-0.2, 0) is 0 Å². The van der Waals surface area contributed by atoms with Gasteiger partial charge in [0.15, 0.2) is 0 Å². The maximum Gasteiger partial charge on any atom is 0.0980 e. The van der Waals surface area contributed by atoms with Crippen molar-refractivity contribution >= 4 is 11.8 Å². The summed E-state index contributed by atoms with van der Waals surface area (Å²) in [6.07, 6.45) is 9.06. The minimum atomic E-state index is 0.181. The van der Waals surface area contributed by atoms with Crippen LogP contribution in [0, 0.1) is 34.5 Å². The largest absolute Gasteiger partial charge is 0.376 e. The third-order valence-electron chi connectivity index (χ3n) is 6.30. The van der Waals surface area contributed by atoms with Crippen molar-refractivity contribution in [3.63, 3.8) is 0 Å². The van der Waals surface area contributed by atoms with E-state index in [0.29, 0.717) is 12.0 Å². The van der Waals surface area contributed by atoms with E-state index in [0.717, 1.165) is 23.2 Å². The van der Waals surface area contributed by atoms with Gasteiger partial charge in [-0.2, -0.15) is 5.26 Å². The predicted octanol–water partition coefficient (Wildman–Crippen LogP) is 5.08. The summed E-state index contributed by atoms with van der Waals surface area (Å²) in [6.45, 7) is 6.98. The molecular formula is C19H30N2S. The lowest BCUT2D eigenvalue weighted by Crippen LogP contribution is -2.54. The molecule has 1 spiro atoms. The van der Waals surface area contributed by atoms with Crippen molar-refractivity contribution in [2.45, 2.75) is 71.8 Å². The van der Waals surface area contributed by atoms with Crippen molar-refractivity contribution in [2.75, 3.05) is 5.75 Å². The van der Waals surface area contributed by atoms with E-state index >= 15 is 0 Å². The molecule has 2 saturated carbocycles. The minimum Gasteiger partial charge on any atom is -0.376 e. The first-order valence-corrected chi connectivity index (χ1v) is 10.1. The Morgan fingerprint density at radius 3 is 2.77 bits per heavy atom. The number of allylic oxidation sites excluding steroid dienone is 1.